The highest BCUT2D eigenvalue weighted by molar-refractivity contribution is 5.72. The van der Waals surface area contributed by atoms with Crippen LogP contribution in [-0.2, 0) is 0 Å². The van der Waals surface area contributed by atoms with E-state index in [0.29, 0.717) is 16.9 Å². The predicted octanol–water partition coefficient (Wildman–Crippen LogP) is 2.55. The van der Waals surface area contributed by atoms with E-state index in [4.69, 9.17) is 4.74 Å². The smallest absolute Gasteiger partial charge is 0.328 e. The van der Waals surface area contributed by atoms with Gasteiger partial charge in [-0.05, 0) is 19.1 Å². The van der Waals surface area contributed by atoms with Crippen LogP contribution in [0.15, 0.2) is 41.6 Å². The highest BCUT2D eigenvalue weighted by atomic mass is 19.1. The Kier molecular flexibility index (Phi) is 4.63. The van der Waals surface area contributed by atoms with Crippen molar-refractivity contribution in [2.75, 3.05) is 12.4 Å². The van der Waals surface area contributed by atoms with E-state index in [1.807, 2.05) is 0 Å². The van der Waals surface area contributed by atoms with Crippen LogP contribution in [0.4, 0.5) is 20.4 Å². The number of methoxy groups -OCH3 is 1. The Labute approximate surface area is 162 Å². The second-order valence-electron chi connectivity index (χ2n) is 6.14. The van der Waals surface area contributed by atoms with Gasteiger partial charge in [0.25, 0.3) is 0 Å². The number of nitrogens with zero attached hydrogens (tertiary/aromatic N) is 5. The molecule has 29 heavy (non-hydrogen) atoms. The fourth-order valence-corrected chi connectivity index (χ4v) is 2.90. The number of hydrogen-bond donors (Lipinski definition) is 2. The van der Waals surface area contributed by atoms with Gasteiger partial charge in [-0.2, -0.15) is 4.98 Å². The van der Waals surface area contributed by atoms with Gasteiger partial charge in [-0.3, -0.25) is 9.55 Å². The maximum atomic E-state index is 13.5. The van der Waals surface area contributed by atoms with E-state index in [2.05, 4.69) is 30.2 Å². The molecule has 0 fully saturated rings. The molecule has 4 aromatic rings. The molecule has 0 radical (unpaired) electrons. The van der Waals surface area contributed by atoms with Crippen LogP contribution in [0, 0.1) is 11.6 Å². The Balaban J connectivity index is 1.76. The number of nitrogens with one attached hydrogen (secondary N) is 2. The summed E-state index contributed by atoms with van der Waals surface area (Å²) in [7, 11) is 1.40. The number of pyridine rings is 2. The maximum Gasteiger partial charge on any atom is 0.328 e. The average molecular weight is 399 g/mol. The number of hydrogen-bond acceptors (Lipinski definition) is 7. The van der Waals surface area contributed by atoms with Crippen LogP contribution >= 0.6 is 0 Å². The summed E-state index contributed by atoms with van der Waals surface area (Å²) in [4.78, 5) is 31.5. The van der Waals surface area contributed by atoms with Gasteiger partial charge in [0.15, 0.2) is 5.65 Å². The first-order valence-electron chi connectivity index (χ1n) is 8.51. The molecule has 2 N–H and O–H groups in total. The van der Waals surface area contributed by atoms with Crippen LogP contribution in [0.25, 0.3) is 11.2 Å². The number of anilines is 2. The van der Waals surface area contributed by atoms with Crippen LogP contribution in [0.1, 0.15) is 18.7 Å². The fraction of sp³-hybridized carbons (Fsp3) is 0.167. The van der Waals surface area contributed by atoms with Crippen molar-refractivity contribution in [2.45, 2.75) is 13.0 Å². The van der Waals surface area contributed by atoms with Gasteiger partial charge in [-0.1, -0.05) is 0 Å². The summed E-state index contributed by atoms with van der Waals surface area (Å²) in [5.74, 6) is -0.775. The maximum absolute atomic E-state index is 13.5. The first-order valence-corrected chi connectivity index (χ1v) is 8.51. The first kappa shape index (κ1) is 18.5. The number of aromatic nitrogens is 6. The topological polar surface area (TPSA) is 111 Å². The third kappa shape index (κ3) is 3.49. The van der Waals surface area contributed by atoms with E-state index in [-0.39, 0.29) is 17.5 Å². The molecule has 0 aliphatic rings. The SMILES string of the molecule is COc1ncc(F)cc1Nc1ncc2[nH]c(=O)n(C(C)c3ccc(F)cn3)c2n1. The summed E-state index contributed by atoms with van der Waals surface area (Å²) in [6.07, 6.45) is 3.53. The minimum absolute atomic E-state index is 0.107. The molecule has 4 rings (SSSR count). The van der Waals surface area contributed by atoms with Crippen molar-refractivity contribution in [3.63, 3.8) is 0 Å². The molecule has 0 aliphatic heterocycles. The van der Waals surface area contributed by atoms with Crippen LogP contribution in [-0.4, -0.2) is 36.6 Å². The number of H-pyrrole nitrogens is 1. The number of fused-ring (bicyclic) bond motifs is 1. The van der Waals surface area contributed by atoms with Gasteiger partial charge in [0.2, 0.25) is 11.8 Å². The van der Waals surface area contributed by atoms with E-state index in [9.17, 15) is 13.6 Å². The lowest BCUT2D eigenvalue weighted by Crippen LogP contribution is -2.22. The van der Waals surface area contributed by atoms with E-state index in [1.54, 1.807) is 6.92 Å². The summed E-state index contributed by atoms with van der Waals surface area (Å²) in [5.41, 5.74) is 0.992. The van der Waals surface area contributed by atoms with Gasteiger partial charge >= 0.3 is 5.69 Å². The van der Waals surface area contributed by atoms with Gasteiger partial charge in [0.05, 0.1) is 37.4 Å². The van der Waals surface area contributed by atoms with E-state index in [0.717, 1.165) is 12.4 Å². The second-order valence-corrected chi connectivity index (χ2v) is 6.14. The van der Waals surface area contributed by atoms with Crippen molar-refractivity contribution in [1.82, 2.24) is 29.5 Å². The Morgan fingerprint density at radius 1 is 1.14 bits per heavy atom. The minimum Gasteiger partial charge on any atom is -0.480 e. The summed E-state index contributed by atoms with van der Waals surface area (Å²) < 4.78 is 33.2. The second kappa shape index (κ2) is 7.26. The van der Waals surface area contributed by atoms with Crippen LogP contribution in [0.3, 0.4) is 0 Å². The quantitative estimate of drug-likeness (QED) is 0.531. The molecule has 1 atom stereocenters. The number of ether oxygens (including phenoxy) is 1. The summed E-state index contributed by atoms with van der Waals surface area (Å²) in [6.45, 7) is 1.74. The molecule has 4 aromatic heterocycles. The Morgan fingerprint density at radius 2 is 1.93 bits per heavy atom. The van der Waals surface area contributed by atoms with Crippen LogP contribution in [0.2, 0.25) is 0 Å². The van der Waals surface area contributed by atoms with Gasteiger partial charge in [0.1, 0.15) is 22.8 Å². The highest BCUT2D eigenvalue weighted by Gasteiger charge is 2.18. The zero-order valence-electron chi connectivity index (χ0n) is 15.3. The van der Waals surface area contributed by atoms with Crippen molar-refractivity contribution in [2.24, 2.45) is 0 Å². The van der Waals surface area contributed by atoms with Crippen molar-refractivity contribution < 1.29 is 13.5 Å². The Bertz CT molecular complexity index is 1240. The third-order valence-corrected chi connectivity index (χ3v) is 4.28. The lowest BCUT2D eigenvalue weighted by molar-refractivity contribution is 0.398. The molecular weight excluding hydrogens is 384 g/mol. The normalized spacial score (nSPS) is 12.1. The fourth-order valence-electron chi connectivity index (χ4n) is 2.90. The molecule has 0 saturated carbocycles. The molecule has 11 heteroatoms. The highest BCUT2D eigenvalue weighted by Crippen LogP contribution is 2.25. The molecule has 0 amide bonds. The molecule has 9 nitrogen and oxygen atoms in total. The van der Waals surface area contributed by atoms with Crippen molar-refractivity contribution >= 4 is 22.8 Å². The van der Waals surface area contributed by atoms with Gasteiger partial charge < -0.3 is 15.0 Å². The summed E-state index contributed by atoms with van der Waals surface area (Å²) in [5, 5.41) is 2.83. The Morgan fingerprint density at radius 3 is 2.66 bits per heavy atom. The molecule has 0 spiro atoms. The monoisotopic (exact) mass is 399 g/mol. The number of rotatable bonds is 5. The molecule has 0 aromatic carbocycles. The molecule has 0 bridgehead atoms. The lowest BCUT2D eigenvalue weighted by Gasteiger charge is -2.13. The van der Waals surface area contributed by atoms with Crippen LogP contribution < -0.4 is 15.7 Å². The van der Waals surface area contributed by atoms with Crippen molar-refractivity contribution in [3.8, 4) is 5.88 Å². The standard InChI is InChI=1S/C18H15F2N7O2/c1-9(12-4-3-10(19)6-21-12)27-15-14(25-18(27)28)8-23-17(26-15)24-13-5-11(20)7-22-16(13)29-2/h3-9H,1-2H3,(H,25,28)(H,23,24,26). The zero-order chi connectivity index (χ0) is 20.5. The van der Waals surface area contributed by atoms with Crippen LogP contribution in [0.5, 0.6) is 5.88 Å². The predicted molar refractivity (Wildman–Crippen MR) is 100 cm³/mol. The van der Waals surface area contributed by atoms with Crippen molar-refractivity contribution in [3.05, 3.63) is 64.6 Å². The minimum atomic E-state index is -0.566. The molecule has 148 valence electrons. The number of halogens is 2. The Hall–Kier alpha value is -3.89. The summed E-state index contributed by atoms with van der Waals surface area (Å²) >= 11 is 0. The van der Waals surface area contributed by atoms with E-state index >= 15 is 0 Å². The van der Waals surface area contributed by atoms with Crippen molar-refractivity contribution in [1.29, 1.82) is 0 Å². The zero-order valence-corrected chi connectivity index (χ0v) is 15.3. The third-order valence-electron chi connectivity index (χ3n) is 4.28. The first-order chi connectivity index (χ1) is 14.0. The lowest BCUT2D eigenvalue weighted by atomic mass is 10.2. The average Bonchev–Trinajstić information content (AvgIpc) is 3.03. The number of aromatic amines is 1. The molecule has 0 aliphatic carbocycles. The molecule has 4 heterocycles. The van der Waals surface area contributed by atoms with Gasteiger partial charge in [-0.15, -0.1) is 0 Å². The molecular formula is C18H15F2N7O2. The van der Waals surface area contributed by atoms with Gasteiger partial charge in [-0.25, -0.2) is 23.5 Å². The van der Waals surface area contributed by atoms with E-state index < -0.39 is 23.4 Å². The van der Waals surface area contributed by atoms with Gasteiger partial charge in [0, 0.05) is 6.07 Å². The largest absolute Gasteiger partial charge is 0.480 e. The number of imidazole rings is 1. The van der Waals surface area contributed by atoms with E-state index in [1.165, 1.54) is 36.1 Å². The molecule has 1 unspecified atom stereocenters. The summed E-state index contributed by atoms with van der Waals surface area (Å²) in [6, 6.07) is 3.43. The molecule has 0 saturated heterocycles.